The van der Waals surface area contributed by atoms with Crippen LogP contribution < -0.4 is 16.2 Å². The van der Waals surface area contributed by atoms with Crippen molar-refractivity contribution in [2.45, 2.75) is 25.7 Å². The van der Waals surface area contributed by atoms with Crippen LogP contribution >= 0.6 is 0 Å². The first-order valence-corrected chi connectivity index (χ1v) is 13.8. The molecule has 0 unspecified atom stereocenters. The fourth-order valence-electron chi connectivity index (χ4n) is 3.80. The van der Waals surface area contributed by atoms with E-state index in [4.69, 9.17) is 10.9 Å². The Kier molecular flexibility index (Phi) is 10.1. The number of anilines is 2. The number of rotatable bonds is 4. The van der Waals surface area contributed by atoms with E-state index in [0.717, 1.165) is 27.5 Å². The zero-order valence-corrected chi connectivity index (χ0v) is 23.2. The van der Waals surface area contributed by atoms with Gasteiger partial charge in [0.2, 0.25) is 16.4 Å². The molecule has 0 spiro atoms. The molecular weight excluding hydrogens is 527 g/mol. The van der Waals surface area contributed by atoms with E-state index in [1.54, 1.807) is 37.4 Å². The third kappa shape index (κ3) is 8.20. The molecule has 206 valence electrons. The summed E-state index contributed by atoms with van der Waals surface area (Å²) in [6.07, 6.45) is 2.26. The summed E-state index contributed by atoms with van der Waals surface area (Å²) in [4.78, 5) is 14.2. The molecule has 0 fully saturated rings. The predicted molar refractivity (Wildman–Crippen MR) is 160 cm³/mol. The summed E-state index contributed by atoms with van der Waals surface area (Å²) in [6.45, 7) is 5.83. The highest BCUT2D eigenvalue weighted by Gasteiger charge is 2.14. The first kappa shape index (κ1) is 29.9. The molecule has 1 amide bonds. The Labute approximate surface area is 233 Å². The first-order chi connectivity index (χ1) is 19.0. The van der Waals surface area contributed by atoms with Gasteiger partial charge in [-0.05, 0) is 67.6 Å². The number of nitrogens with zero attached hydrogens (tertiary/aromatic N) is 1. The summed E-state index contributed by atoms with van der Waals surface area (Å²) in [7, 11) is -3.69. The monoisotopic (exact) mass is 558 g/mol. The molecule has 0 bridgehead atoms. The smallest absolute Gasteiger partial charge is 0.238 e. The second kappa shape index (κ2) is 13.5. The zero-order valence-electron chi connectivity index (χ0n) is 22.4. The maximum absolute atomic E-state index is 12.5. The van der Waals surface area contributed by atoms with Crippen molar-refractivity contribution in [2.24, 2.45) is 5.14 Å². The van der Waals surface area contributed by atoms with E-state index in [0.29, 0.717) is 23.5 Å². The van der Waals surface area contributed by atoms with Gasteiger partial charge in [0.25, 0.3) is 0 Å². The van der Waals surface area contributed by atoms with E-state index in [-0.39, 0.29) is 10.7 Å². The number of hydrogen-bond donors (Lipinski definition) is 3. The molecule has 0 saturated carbocycles. The van der Waals surface area contributed by atoms with Gasteiger partial charge in [-0.15, -0.1) is 0 Å². The van der Waals surface area contributed by atoms with Gasteiger partial charge in [0.05, 0.1) is 4.90 Å². The molecule has 0 aliphatic rings. The van der Waals surface area contributed by atoms with Crippen LogP contribution in [0.2, 0.25) is 0 Å². The fourth-order valence-corrected chi connectivity index (χ4v) is 4.56. The normalized spacial score (nSPS) is 10.5. The second-order valence-electron chi connectivity index (χ2n) is 9.05. The Balaban J connectivity index is 0.000000171. The number of carbonyl (C=O) groups excluding carboxylic acids is 1. The molecule has 0 radical (unpaired) electrons. The van der Waals surface area contributed by atoms with Gasteiger partial charge < -0.3 is 11.1 Å². The summed E-state index contributed by atoms with van der Waals surface area (Å²) < 4.78 is 35.5. The highest BCUT2D eigenvalue weighted by Crippen LogP contribution is 2.26. The van der Waals surface area contributed by atoms with Gasteiger partial charge in [-0.3, -0.25) is 4.79 Å². The molecule has 5 aromatic rings. The maximum Gasteiger partial charge on any atom is 0.238 e. The van der Waals surface area contributed by atoms with Crippen molar-refractivity contribution < 1.29 is 17.6 Å². The number of nitrogens with two attached hydrogens (primary N) is 2. The number of sulfonamides is 1. The number of aromatic nitrogens is 1. The first-order valence-electron chi connectivity index (χ1n) is 12.3. The molecule has 40 heavy (non-hydrogen) atoms. The van der Waals surface area contributed by atoms with Crippen LogP contribution in [0, 0.1) is 26.6 Å². The molecule has 5 N–H and O–H groups in total. The second-order valence-corrected chi connectivity index (χ2v) is 10.6. The number of nitrogens with one attached hydrogen (secondary N) is 1. The lowest BCUT2D eigenvalue weighted by Gasteiger charge is -2.07. The lowest BCUT2D eigenvalue weighted by molar-refractivity contribution is -0.105. The summed E-state index contributed by atoms with van der Waals surface area (Å²) >= 11 is 0. The molecule has 1 heterocycles. The van der Waals surface area contributed by atoms with Crippen molar-refractivity contribution in [3.8, 4) is 11.1 Å². The van der Waals surface area contributed by atoms with Crippen LogP contribution in [0.25, 0.3) is 21.9 Å². The van der Waals surface area contributed by atoms with Gasteiger partial charge in [0.15, 0.2) is 0 Å². The summed E-state index contributed by atoms with van der Waals surface area (Å²) in [6, 6.07) is 26.8. The Morgan fingerprint density at radius 2 is 1.52 bits per heavy atom. The van der Waals surface area contributed by atoms with Gasteiger partial charge >= 0.3 is 0 Å². The third-order valence-corrected chi connectivity index (χ3v) is 6.89. The number of aryl methyl sites for hydroxylation is 3. The SMILES string of the molecule is Cc1ccc(-c2ccccc2S(N)(=O)=O)cc1.Cc1ccc(F)cc1NC=O.Cc1ccc2ccnc(N)c2c1. The number of fused-ring (bicyclic) bond motifs is 1. The molecular formula is C31H31FN4O3S. The minimum absolute atomic E-state index is 0.156. The molecule has 9 heteroatoms. The Morgan fingerprint density at radius 3 is 2.20 bits per heavy atom. The molecule has 0 aliphatic heterocycles. The Hall–Kier alpha value is -4.60. The van der Waals surface area contributed by atoms with Crippen LogP contribution in [0.1, 0.15) is 16.7 Å². The van der Waals surface area contributed by atoms with E-state index in [1.165, 1.54) is 23.8 Å². The van der Waals surface area contributed by atoms with Gasteiger partial charge in [-0.25, -0.2) is 22.9 Å². The minimum atomic E-state index is -3.69. The van der Waals surface area contributed by atoms with Crippen LogP contribution in [-0.2, 0) is 14.8 Å². The molecule has 1 aromatic heterocycles. The van der Waals surface area contributed by atoms with Gasteiger partial charge in [-0.2, -0.15) is 0 Å². The van der Waals surface area contributed by atoms with Gasteiger partial charge in [-0.1, -0.05) is 71.8 Å². The van der Waals surface area contributed by atoms with E-state index >= 15 is 0 Å². The maximum atomic E-state index is 12.5. The molecule has 0 aliphatic carbocycles. The van der Waals surface area contributed by atoms with Gasteiger partial charge in [0, 0.05) is 22.8 Å². The summed E-state index contributed by atoms with van der Waals surface area (Å²) in [5.41, 5.74) is 10.9. The lowest BCUT2D eigenvalue weighted by atomic mass is 10.0. The number of benzene rings is 4. The van der Waals surface area contributed by atoms with Crippen LogP contribution in [0.4, 0.5) is 15.9 Å². The lowest BCUT2D eigenvalue weighted by Crippen LogP contribution is -2.13. The Bertz CT molecular complexity index is 1720. The standard InChI is InChI=1S/C13H13NO2S.C10H10N2.C8H8FNO/c1-10-6-8-11(9-7-10)12-4-2-3-5-13(12)17(14,15)16;1-7-2-3-8-4-5-12-10(11)9(8)6-7;1-6-2-3-7(9)4-8(6)10-5-11/h2-9H,1H3,(H2,14,15,16);2-6H,1H3,(H2,11,12);2-5H,1H3,(H,10,11). The molecule has 7 nitrogen and oxygen atoms in total. The molecule has 0 saturated heterocycles. The number of amides is 1. The average Bonchev–Trinajstić information content (AvgIpc) is 2.92. The van der Waals surface area contributed by atoms with Crippen molar-refractivity contribution in [3.63, 3.8) is 0 Å². The summed E-state index contributed by atoms with van der Waals surface area (Å²) in [5.74, 6) is 0.260. The van der Waals surface area contributed by atoms with Crippen molar-refractivity contribution in [3.05, 3.63) is 120 Å². The number of hydrogen-bond acceptors (Lipinski definition) is 5. The highest BCUT2D eigenvalue weighted by atomic mass is 32.2. The van der Waals surface area contributed by atoms with Crippen LogP contribution in [0.15, 0.2) is 102 Å². The van der Waals surface area contributed by atoms with Crippen molar-refractivity contribution in [1.82, 2.24) is 4.98 Å². The third-order valence-electron chi connectivity index (χ3n) is 5.92. The number of nitrogen functional groups attached to an aromatic ring is 1. The van der Waals surface area contributed by atoms with Crippen molar-refractivity contribution in [2.75, 3.05) is 11.1 Å². The van der Waals surface area contributed by atoms with Crippen LogP contribution in [0.3, 0.4) is 0 Å². The Morgan fingerprint density at radius 1 is 0.850 bits per heavy atom. The predicted octanol–water partition coefficient (Wildman–Crippen LogP) is 6.14. The number of carbonyl (C=O) groups is 1. The summed E-state index contributed by atoms with van der Waals surface area (Å²) in [5, 5.41) is 9.78. The van der Waals surface area contributed by atoms with Crippen LogP contribution in [-0.4, -0.2) is 19.8 Å². The number of primary sulfonamides is 1. The zero-order chi connectivity index (χ0) is 29.3. The van der Waals surface area contributed by atoms with E-state index in [2.05, 4.69) is 28.5 Å². The molecule has 4 aromatic carbocycles. The van der Waals surface area contributed by atoms with E-state index in [1.807, 2.05) is 44.2 Å². The quantitative estimate of drug-likeness (QED) is 0.228. The van der Waals surface area contributed by atoms with E-state index in [9.17, 15) is 17.6 Å². The molecule has 0 atom stereocenters. The van der Waals surface area contributed by atoms with E-state index < -0.39 is 10.0 Å². The number of halogens is 1. The average molecular weight is 559 g/mol. The van der Waals surface area contributed by atoms with Crippen molar-refractivity contribution >= 4 is 38.7 Å². The van der Waals surface area contributed by atoms with Gasteiger partial charge in [0.1, 0.15) is 11.6 Å². The topological polar surface area (TPSA) is 128 Å². The fraction of sp³-hybridized carbons (Fsp3) is 0.0968. The minimum Gasteiger partial charge on any atom is -0.383 e. The molecule has 5 rings (SSSR count). The highest BCUT2D eigenvalue weighted by molar-refractivity contribution is 7.89. The largest absolute Gasteiger partial charge is 0.383 e. The van der Waals surface area contributed by atoms with Crippen molar-refractivity contribution in [1.29, 1.82) is 0 Å². The van der Waals surface area contributed by atoms with Crippen LogP contribution in [0.5, 0.6) is 0 Å². The number of pyridine rings is 1.